The molecule has 0 radical (unpaired) electrons. The lowest BCUT2D eigenvalue weighted by molar-refractivity contribution is -0.895. The first-order chi connectivity index (χ1) is 12.4. The maximum Gasteiger partial charge on any atom is 0.279 e. The van der Waals surface area contributed by atoms with E-state index in [2.05, 4.69) is 5.32 Å². The van der Waals surface area contributed by atoms with Crippen molar-refractivity contribution in [1.29, 1.82) is 0 Å². The number of carbonyl (C=O) groups is 2. The fraction of sp³-hybridized carbons (Fsp3) is 0.368. The van der Waals surface area contributed by atoms with Crippen LogP contribution in [0, 0.1) is 19.7 Å². The highest BCUT2D eigenvalue weighted by molar-refractivity contribution is 5.95. The minimum Gasteiger partial charge on any atom is -0.466 e. The molecular weight excluding hydrogens is 337 g/mol. The van der Waals surface area contributed by atoms with Gasteiger partial charge in [-0.1, -0.05) is 0 Å². The Balaban J connectivity index is 1.49. The second-order valence-corrected chi connectivity index (χ2v) is 6.60. The van der Waals surface area contributed by atoms with Gasteiger partial charge < -0.3 is 19.5 Å². The summed E-state index contributed by atoms with van der Waals surface area (Å²) in [4.78, 5) is 27.6. The summed E-state index contributed by atoms with van der Waals surface area (Å²) in [6.07, 6.45) is 0. The topological polar surface area (TPSA) is 67.0 Å². The maximum absolute atomic E-state index is 12.9. The zero-order valence-electron chi connectivity index (χ0n) is 15.0. The van der Waals surface area contributed by atoms with Crippen LogP contribution in [0.4, 0.5) is 10.1 Å². The molecule has 6 nitrogen and oxygen atoms in total. The van der Waals surface area contributed by atoms with Gasteiger partial charge in [0.2, 0.25) is 0 Å². The molecule has 1 aliphatic heterocycles. The molecule has 0 aliphatic carbocycles. The molecule has 2 heterocycles. The van der Waals surface area contributed by atoms with Crippen molar-refractivity contribution in [3.8, 4) is 0 Å². The van der Waals surface area contributed by atoms with E-state index < -0.39 is 0 Å². The highest BCUT2D eigenvalue weighted by Crippen LogP contribution is 2.16. The quantitative estimate of drug-likeness (QED) is 0.855. The Labute approximate surface area is 151 Å². The number of aryl methyl sites for hydroxylation is 2. The second-order valence-electron chi connectivity index (χ2n) is 6.60. The van der Waals surface area contributed by atoms with Crippen molar-refractivity contribution in [3.63, 3.8) is 0 Å². The molecule has 0 bridgehead atoms. The standard InChI is InChI=1S/C19H22FN3O3/c1-13-11-17(14(2)26-13)19(25)23-9-7-22(8-10-23)12-18(24)21-16-5-3-15(20)4-6-16/h3-6,11H,7-10,12H2,1-2H3,(H,21,24)/p+1. The molecule has 0 atom stereocenters. The van der Waals surface area contributed by atoms with Crippen LogP contribution >= 0.6 is 0 Å². The molecule has 1 aromatic heterocycles. The monoisotopic (exact) mass is 360 g/mol. The molecule has 0 saturated carbocycles. The van der Waals surface area contributed by atoms with Gasteiger partial charge in [0.15, 0.2) is 6.54 Å². The fourth-order valence-corrected chi connectivity index (χ4v) is 3.18. The first-order valence-electron chi connectivity index (χ1n) is 8.67. The van der Waals surface area contributed by atoms with Gasteiger partial charge in [0.25, 0.3) is 11.8 Å². The van der Waals surface area contributed by atoms with Crippen LogP contribution in [-0.2, 0) is 4.79 Å². The van der Waals surface area contributed by atoms with Crippen LogP contribution in [0.3, 0.4) is 0 Å². The van der Waals surface area contributed by atoms with Crippen molar-refractivity contribution in [2.45, 2.75) is 13.8 Å². The minimum absolute atomic E-state index is 0.0193. The van der Waals surface area contributed by atoms with Gasteiger partial charge in [0, 0.05) is 5.69 Å². The van der Waals surface area contributed by atoms with Crippen LogP contribution < -0.4 is 10.2 Å². The van der Waals surface area contributed by atoms with Crippen molar-refractivity contribution in [2.75, 3.05) is 38.0 Å². The molecule has 26 heavy (non-hydrogen) atoms. The highest BCUT2D eigenvalue weighted by Gasteiger charge is 2.27. The van der Waals surface area contributed by atoms with Gasteiger partial charge in [-0.05, 0) is 44.2 Å². The third-order valence-electron chi connectivity index (χ3n) is 4.57. The normalized spacial score (nSPS) is 15.1. The summed E-state index contributed by atoms with van der Waals surface area (Å²) in [7, 11) is 0. The first-order valence-corrected chi connectivity index (χ1v) is 8.67. The van der Waals surface area contributed by atoms with Gasteiger partial charge in [-0.25, -0.2) is 4.39 Å². The predicted octanol–water partition coefficient (Wildman–Crippen LogP) is 1.01. The Morgan fingerprint density at radius 1 is 1.19 bits per heavy atom. The number of rotatable bonds is 4. The van der Waals surface area contributed by atoms with Gasteiger partial charge in [-0.15, -0.1) is 0 Å². The van der Waals surface area contributed by atoms with Gasteiger partial charge >= 0.3 is 0 Å². The van der Waals surface area contributed by atoms with E-state index in [4.69, 9.17) is 4.42 Å². The Morgan fingerprint density at radius 3 is 2.42 bits per heavy atom. The summed E-state index contributed by atoms with van der Waals surface area (Å²) < 4.78 is 18.3. The fourth-order valence-electron chi connectivity index (χ4n) is 3.18. The molecular formula is C19H23FN3O3+. The number of amides is 2. The van der Waals surface area contributed by atoms with Crippen molar-refractivity contribution in [1.82, 2.24) is 4.90 Å². The lowest BCUT2D eigenvalue weighted by atomic mass is 10.2. The molecule has 0 spiro atoms. The van der Waals surface area contributed by atoms with Crippen LogP contribution in [0.25, 0.3) is 0 Å². The Morgan fingerprint density at radius 2 is 1.85 bits per heavy atom. The average Bonchev–Trinajstić information content (AvgIpc) is 2.95. The van der Waals surface area contributed by atoms with Crippen LogP contribution in [0.5, 0.6) is 0 Å². The number of quaternary nitrogens is 1. The highest BCUT2D eigenvalue weighted by atomic mass is 19.1. The lowest BCUT2D eigenvalue weighted by Crippen LogP contribution is -3.15. The number of nitrogens with one attached hydrogen (secondary N) is 2. The Hall–Kier alpha value is -2.67. The summed E-state index contributed by atoms with van der Waals surface area (Å²) in [5.74, 6) is 0.896. The molecule has 7 heteroatoms. The molecule has 138 valence electrons. The van der Waals surface area contributed by atoms with E-state index >= 15 is 0 Å². The predicted molar refractivity (Wildman–Crippen MR) is 94.7 cm³/mol. The van der Waals surface area contributed by atoms with Crippen LogP contribution in [-0.4, -0.2) is 49.4 Å². The second kappa shape index (κ2) is 7.70. The summed E-state index contributed by atoms with van der Waals surface area (Å²) in [5.41, 5.74) is 1.19. The first kappa shape index (κ1) is 18.1. The SMILES string of the molecule is Cc1cc(C(=O)N2CC[NH+](CC(=O)Nc3ccc(F)cc3)CC2)c(C)o1. The number of halogens is 1. The molecule has 0 unspecified atom stereocenters. The molecule has 1 aliphatic rings. The molecule has 2 N–H and O–H groups in total. The summed E-state index contributed by atoms with van der Waals surface area (Å²) >= 11 is 0. The molecule has 2 aromatic rings. The zero-order chi connectivity index (χ0) is 18.7. The van der Waals surface area contributed by atoms with Crippen molar-refractivity contribution in [3.05, 3.63) is 53.2 Å². The average molecular weight is 360 g/mol. The Kier molecular flexibility index (Phi) is 5.37. The van der Waals surface area contributed by atoms with Crippen LogP contribution in [0.15, 0.2) is 34.7 Å². The Bertz CT molecular complexity index is 793. The van der Waals surface area contributed by atoms with Crippen LogP contribution in [0.1, 0.15) is 21.9 Å². The van der Waals surface area contributed by atoms with E-state index in [-0.39, 0.29) is 17.6 Å². The lowest BCUT2D eigenvalue weighted by Gasteiger charge is -2.31. The van der Waals surface area contributed by atoms with Gasteiger partial charge in [0.1, 0.15) is 17.3 Å². The summed E-state index contributed by atoms with van der Waals surface area (Å²) in [6.45, 7) is 6.55. The van der Waals surface area contributed by atoms with E-state index in [1.54, 1.807) is 17.9 Å². The molecule has 1 saturated heterocycles. The van der Waals surface area contributed by atoms with E-state index in [1.807, 2.05) is 6.92 Å². The van der Waals surface area contributed by atoms with E-state index in [0.29, 0.717) is 49.7 Å². The minimum atomic E-state index is -0.336. The third-order valence-corrected chi connectivity index (χ3v) is 4.57. The summed E-state index contributed by atoms with van der Waals surface area (Å²) in [5, 5.41) is 2.77. The number of hydrogen-bond acceptors (Lipinski definition) is 3. The van der Waals surface area contributed by atoms with Crippen molar-refractivity contribution < 1.29 is 23.3 Å². The van der Waals surface area contributed by atoms with E-state index in [9.17, 15) is 14.0 Å². The summed E-state index contributed by atoms with van der Waals surface area (Å²) in [6, 6.07) is 7.47. The number of nitrogens with zero attached hydrogens (tertiary/aromatic N) is 1. The number of anilines is 1. The third kappa shape index (κ3) is 4.29. The smallest absolute Gasteiger partial charge is 0.279 e. The molecule has 1 fully saturated rings. The largest absolute Gasteiger partial charge is 0.466 e. The molecule has 3 rings (SSSR count). The number of piperazine rings is 1. The molecule has 1 aromatic carbocycles. The van der Waals surface area contributed by atoms with Gasteiger partial charge in [0.05, 0.1) is 31.7 Å². The zero-order valence-corrected chi connectivity index (χ0v) is 15.0. The van der Waals surface area contributed by atoms with E-state index in [1.165, 1.54) is 24.3 Å². The van der Waals surface area contributed by atoms with Crippen molar-refractivity contribution in [2.24, 2.45) is 0 Å². The number of benzene rings is 1. The van der Waals surface area contributed by atoms with Gasteiger partial charge in [-0.2, -0.15) is 0 Å². The molecule has 2 amide bonds. The van der Waals surface area contributed by atoms with E-state index in [0.717, 1.165) is 10.7 Å². The van der Waals surface area contributed by atoms with Gasteiger partial charge in [-0.3, -0.25) is 9.59 Å². The maximum atomic E-state index is 12.9. The number of furan rings is 1. The van der Waals surface area contributed by atoms with Crippen LogP contribution in [0.2, 0.25) is 0 Å². The van der Waals surface area contributed by atoms with Crippen molar-refractivity contribution >= 4 is 17.5 Å². The number of carbonyl (C=O) groups excluding carboxylic acids is 2. The number of hydrogen-bond donors (Lipinski definition) is 2.